The summed E-state index contributed by atoms with van der Waals surface area (Å²) in [7, 11) is 0. The minimum absolute atomic E-state index is 0.0600. The zero-order valence-electron chi connectivity index (χ0n) is 13.0. The molecule has 0 aromatic heterocycles. The lowest BCUT2D eigenvalue weighted by atomic mass is 9.82. The third kappa shape index (κ3) is 3.28. The molecule has 0 atom stereocenters. The average Bonchev–Trinajstić information content (AvgIpc) is 2.37. The van der Waals surface area contributed by atoms with Crippen LogP contribution >= 0.6 is 0 Å². The van der Waals surface area contributed by atoms with Gasteiger partial charge in [0.05, 0.1) is 6.61 Å². The lowest BCUT2D eigenvalue weighted by molar-refractivity contribution is -0.288. The second-order valence-corrected chi connectivity index (χ2v) is 6.91. The van der Waals surface area contributed by atoms with E-state index in [0.717, 1.165) is 24.7 Å². The zero-order chi connectivity index (χ0) is 14.8. The van der Waals surface area contributed by atoms with Crippen LogP contribution in [0.15, 0.2) is 24.3 Å². The highest BCUT2D eigenvalue weighted by Crippen LogP contribution is 2.38. The Morgan fingerprint density at radius 3 is 2.15 bits per heavy atom. The number of piperidine rings is 1. The van der Waals surface area contributed by atoms with E-state index in [1.807, 2.05) is 24.3 Å². The largest absolute Gasteiger partial charge is 0.298 e. The zero-order valence-corrected chi connectivity index (χ0v) is 13.0. The number of benzene rings is 1. The first kappa shape index (κ1) is 15.2. The lowest BCUT2D eigenvalue weighted by Crippen LogP contribution is -2.58. The van der Waals surface area contributed by atoms with E-state index < -0.39 is 0 Å². The summed E-state index contributed by atoms with van der Waals surface area (Å²) >= 11 is 0. The molecule has 0 unspecified atom stereocenters. The molecule has 0 radical (unpaired) electrons. The molecule has 2 rings (SSSR count). The number of aldehydes is 1. The Kier molecular flexibility index (Phi) is 4.31. The summed E-state index contributed by atoms with van der Waals surface area (Å²) in [5.74, 6) is 0. The van der Waals surface area contributed by atoms with Crippen molar-refractivity contribution in [3.8, 4) is 0 Å². The molecule has 0 spiro atoms. The van der Waals surface area contributed by atoms with Gasteiger partial charge in [-0.3, -0.25) is 9.63 Å². The lowest BCUT2D eigenvalue weighted by Gasteiger charge is -2.51. The predicted octanol–water partition coefficient (Wildman–Crippen LogP) is 3.97. The van der Waals surface area contributed by atoms with Gasteiger partial charge in [0, 0.05) is 16.6 Å². The molecule has 1 aromatic rings. The van der Waals surface area contributed by atoms with Gasteiger partial charge in [0.1, 0.15) is 6.29 Å². The number of carbonyl (C=O) groups is 1. The van der Waals surface area contributed by atoms with Crippen LogP contribution in [0.25, 0.3) is 0 Å². The average molecular weight is 275 g/mol. The van der Waals surface area contributed by atoms with E-state index in [1.165, 1.54) is 6.42 Å². The minimum atomic E-state index is 0.0600. The first-order valence-electron chi connectivity index (χ1n) is 7.32. The van der Waals surface area contributed by atoms with Gasteiger partial charge < -0.3 is 0 Å². The molecule has 3 nitrogen and oxygen atoms in total. The predicted molar refractivity (Wildman–Crippen MR) is 80.5 cm³/mol. The maximum atomic E-state index is 10.7. The molecule has 0 amide bonds. The fourth-order valence-corrected chi connectivity index (χ4v) is 3.16. The van der Waals surface area contributed by atoms with Crippen molar-refractivity contribution in [1.29, 1.82) is 0 Å². The summed E-state index contributed by atoms with van der Waals surface area (Å²) in [5.41, 5.74) is 1.91. The van der Waals surface area contributed by atoms with Crippen molar-refractivity contribution in [2.24, 2.45) is 0 Å². The molecule has 0 saturated carbocycles. The summed E-state index contributed by atoms with van der Waals surface area (Å²) in [4.78, 5) is 16.8. The van der Waals surface area contributed by atoms with Gasteiger partial charge in [-0.1, -0.05) is 24.3 Å². The van der Waals surface area contributed by atoms with E-state index in [4.69, 9.17) is 4.84 Å². The van der Waals surface area contributed by atoms with Crippen molar-refractivity contribution in [1.82, 2.24) is 5.06 Å². The molecule has 1 aliphatic rings. The van der Waals surface area contributed by atoms with Gasteiger partial charge in [-0.2, -0.15) is 5.06 Å². The number of hydrogen-bond acceptors (Lipinski definition) is 3. The van der Waals surface area contributed by atoms with Crippen LogP contribution in [-0.2, 0) is 11.4 Å². The standard InChI is InChI=1S/C17H25NO2/c1-16(2)10-5-11-17(3,4)18(16)20-13-15-8-6-14(12-19)7-9-15/h6-9,12H,5,10-11,13H2,1-4H3. The van der Waals surface area contributed by atoms with Gasteiger partial charge in [0.2, 0.25) is 0 Å². The summed E-state index contributed by atoms with van der Waals surface area (Å²) in [5, 5.41) is 2.16. The normalized spacial score (nSPS) is 21.6. The van der Waals surface area contributed by atoms with Crippen LogP contribution in [0.5, 0.6) is 0 Å². The maximum absolute atomic E-state index is 10.7. The first-order chi connectivity index (χ1) is 9.35. The summed E-state index contributed by atoms with van der Waals surface area (Å²) in [6.45, 7) is 9.51. The number of hydroxylamine groups is 2. The van der Waals surface area contributed by atoms with E-state index >= 15 is 0 Å². The third-order valence-electron chi connectivity index (χ3n) is 4.15. The monoisotopic (exact) mass is 275 g/mol. The Balaban J connectivity index is 2.05. The van der Waals surface area contributed by atoms with Crippen LogP contribution in [0.1, 0.15) is 62.9 Å². The van der Waals surface area contributed by atoms with E-state index in [0.29, 0.717) is 12.2 Å². The van der Waals surface area contributed by atoms with Gasteiger partial charge in [0.15, 0.2) is 0 Å². The molecule has 1 fully saturated rings. The Morgan fingerprint density at radius 2 is 1.65 bits per heavy atom. The second-order valence-electron chi connectivity index (χ2n) is 6.91. The summed E-state index contributed by atoms with van der Waals surface area (Å²) in [6.07, 6.45) is 4.41. The Labute approximate surface area is 121 Å². The van der Waals surface area contributed by atoms with Gasteiger partial charge in [-0.25, -0.2) is 0 Å². The van der Waals surface area contributed by atoms with Crippen molar-refractivity contribution < 1.29 is 9.63 Å². The fraction of sp³-hybridized carbons (Fsp3) is 0.588. The van der Waals surface area contributed by atoms with Crippen molar-refractivity contribution in [3.63, 3.8) is 0 Å². The van der Waals surface area contributed by atoms with Crippen LogP contribution < -0.4 is 0 Å². The Bertz CT molecular complexity index is 446. The molecule has 1 aromatic carbocycles. The molecular weight excluding hydrogens is 250 g/mol. The topological polar surface area (TPSA) is 29.5 Å². The van der Waals surface area contributed by atoms with E-state index in [2.05, 4.69) is 32.8 Å². The van der Waals surface area contributed by atoms with Gasteiger partial charge in [0.25, 0.3) is 0 Å². The maximum Gasteiger partial charge on any atom is 0.150 e. The van der Waals surface area contributed by atoms with E-state index in [-0.39, 0.29) is 11.1 Å². The summed E-state index contributed by atoms with van der Waals surface area (Å²) in [6, 6.07) is 7.57. The SMILES string of the molecule is CC1(C)CCCC(C)(C)N1OCc1ccc(C=O)cc1. The molecule has 110 valence electrons. The van der Waals surface area contributed by atoms with E-state index in [1.54, 1.807) is 0 Å². The summed E-state index contributed by atoms with van der Waals surface area (Å²) < 4.78 is 0. The van der Waals surface area contributed by atoms with Crippen molar-refractivity contribution in [2.45, 2.75) is 64.6 Å². The van der Waals surface area contributed by atoms with Crippen molar-refractivity contribution in [2.75, 3.05) is 0 Å². The highest BCUT2D eigenvalue weighted by molar-refractivity contribution is 5.74. The number of hydrogen-bond donors (Lipinski definition) is 0. The Hall–Kier alpha value is -1.19. The highest BCUT2D eigenvalue weighted by atomic mass is 16.7. The second kappa shape index (κ2) is 5.66. The molecule has 1 heterocycles. The molecule has 0 bridgehead atoms. The van der Waals surface area contributed by atoms with Crippen LogP contribution in [-0.4, -0.2) is 22.4 Å². The first-order valence-corrected chi connectivity index (χ1v) is 7.32. The number of carbonyl (C=O) groups excluding carboxylic acids is 1. The fourth-order valence-electron chi connectivity index (χ4n) is 3.16. The molecule has 3 heteroatoms. The molecule has 1 saturated heterocycles. The van der Waals surface area contributed by atoms with E-state index in [9.17, 15) is 4.79 Å². The van der Waals surface area contributed by atoms with Gasteiger partial charge in [-0.15, -0.1) is 0 Å². The molecule has 0 aliphatic carbocycles. The quantitative estimate of drug-likeness (QED) is 0.779. The van der Waals surface area contributed by atoms with Gasteiger partial charge >= 0.3 is 0 Å². The molecular formula is C17H25NO2. The number of nitrogens with zero attached hydrogens (tertiary/aromatic N) is 1. The molecule has 0 N–H and O–H groups in total. The molecule has 1 aliphatic heterocycles. The van der Waals surface area contributed by atoms with Crippen molar-refractivity contribution >= 4 is 6.29 Å². The third-order valence-corrected chi connectivity index (χ3v) is 4.15. The van der Waals surface area contributed by atoms with Crippen LogP contribution in [0.4, 0.5) is 0 Å². The van der Waals surface area contributed by atoms with Crippen LogP contribution in [0, 0.1) is 0 Å². The van der Waals surface area contributed by atoms with Gasteiger partial charge in [-0.05, 0) is 52.5 Å². The number of rotatable bonds is 4. The smallest absolute Gasteiger partial charge is 0.150 e. The van der Waals surface area contributed by atoms with Crippen LogP contribution in [0.2, 0.25) is 0 Å². The van der Waals surface area contributed by atoms with Crippen molar-refractivity contribution in [3.05, 3.63) is 35.4 Å². The minimum Gasteiger partial charge on any atom is -0.298 e. The molecule has 20 heavy (non-hydrogen) atoms. The highest BCUT2D eigenvalue weighted by Gasteiger charge is 2.42. The Morgan fingerprint density at radius 1 is 1.10 bits per heavy atom. The van der Waals surface area contributed by atoms with Crippen LogP contribution in [0.3, 0.4) is 0 Å².